The zero-order valence-electron chi connectivity index (χ0n) is 15.7. The molecule has 4 fully saturated rings. The van der Waals surface area contributed by atoms with Gasteiger partial charge in [-0.2, -0.15) is 5.26 Å². The third-order valence-electron chi connectivity index (χ3n) is 6.94. The molecule has 2 saturated heterocycles. The number of carbonyl (C=O) groups is 1. The number of pyridine rings is 1. The molecule has 1 amide bonds. The van der Waals surface area contributed by atoms with Crippen LogP contribution < -0.4 is 5.56 Å². The van der Waals surface area contributed by atoms with Gasteiger partial charge >= 0.3 is 0 Å². The Kier molecular flexibility index (Phi) is 4.38. The molecule has 26 heavy (non-hydrogen) atoms. The molecule has 4 aliphatic rings. The first-order valence-corrected chi connectivity index (χ1v) is 9.88. The number of aryl methyl sites for hydroxylation is 1. The number of nitrogens with zero attached hydrogens (tertiary/aromatic N) is 2. The lowest BCUT2D eigenvalue weighted by Gasteiger charge is -2.39. The summed E-state index contributed by atoms with van der Waals surface area (Å²) in [7, 11) is 0. The fourth-order valence-corrected chi connectivity index (χ4v) is 5.89. The van der Waals surface area contributed by atoms with Crippen molar-refractivity contribution in [2.24, 2.45) is 17.8 Å². The Balaban J connectivity index is 1.50. The molecule has 4 atom stereocenters. The summed E-state index contributed by atoms with van der Waals surface area (Å²) in [5.41, 5.74) is 2.27. The minimum absolute atomic E-state index is 0.170. The molecule has 5 rings (SSSR count). The maximum atomic E-state index is 13.0. The molecule has 3 heterocycles. The number of amides is 1. The van der Waals surface area contributed by atoms with Gasteiger partial charge in [0.05, 0.1) is 0 Å². The molecule has 0 radical (unpaired) electrons. The van der Waals surface area contributed by atoms with Crippen molar-refractivity contribution in [3.05, 3.63) is 32.7 Å². The van der Waals surface area contributed by atoms with Crippen LogP contribution in [0.4, 0.5) is 0 Å². The van der Waals surface area contributed by atoms with E-state index < -0.39 is 0 Å². The Bertz CT molecular complexity index is 821. The average Bonchev–Trinajstić information content (AvgIpc) is 2.78. The van der Waals surface area contributed by atoms with Gasteiger partial charge in [0.15, 0.2) is 0 Å². The van der Waals surface area contributed by atoms with Crippen molar-refractivity contribution in [1.82, 2.24) is 9.88 Å². The zero-order chi connectivity index (χ0) is 18.4. The van der Waals surface area contributed by atoms with E-state index in [2.05, 4.69) is 9.88 Å². The van der Waals surface area contributed by atoms with Crippen molar-refractivity contribution >= 4 is 5.91 Å². The topological polar surface area (TPSA) is 77.0 Å². The van der Waals surface area contributed by atoms with Crippen molar-refractivity contribution in [2.45, 2.75) is 64.8 Å². The SMILES string of the molecule is Cc1[nH]c(=O)c(C#N)c(C)c1CCC(=O)N1CC2C[C@@H]3CC1C[C@H](C2)C3. The Hall–Kier alpha value is -2.09. The van der Waals surface area contributed by atoms with Gasteiger partial charge in [-0.3, -0.25) is 9.59 Å². The Morgan fingerprint density at radius 1 is 1.15 bits per heavy atom. The number of fused-ring (bicyclic) bond motifs is 1. The van der Waals surface area contributed by atoms with E-state index in [0.29, 0.717) is 24.8 Å². The lowest BCUT2D eigenvalue weighted by atomic mass is 9.68. The predicted octanol–water partition coefficient (Wildman–Crippen LogP) is 2.83. The Morgan fingerprint density at radius 2 is 1.81 bits per heavy atom. The molecule has 2 unspecified atom stereocenters. The summed E-state index contributed by atoms with van der Waals surface area (Å²) in [6.45, 7) is 4.60. The molecule has 138 valence electrons. The second kappa shape index (κ2) is 6.57. The van der Waals surface area contributed by atoms with E-state index in [1.54, 1.807) is 0 Å². The van der Waals surface area contributed by atoms with Gasteiger partial charge in [-0.05, 0) is 81.3 Å². The minimum atomic E-state index is -0.335. The molecular formula is C21H27N3O2. The first-order chi connectivity index (χ1) is 12.5. The summed E-state index contributed by atoms with van der Waals surface area (Å²) in [6, 6.07) is 2.43. The van der Waals surface area contributed by atoms with E-state index in [4.69, 9.17) is 0 Å². The van der Waals surface area contributed by atoms with E-state index >= 15 is 0 Å². The number of aromatic amines is 1. The molecule has 2 aliphatic carbocycles. The van der Waals surface area contributed by atoms with Crippen molar-refractivity contribution in [3.63, 3.8) is 0 Å². The summed E-state index contributed by atoms with van der Waals surface area (Å²) in [5.74, 6) is 2.60. The summed E-state index contributed by atoms with van der Waals surface area (Å²) >= 11 is 0. The standard InChI is InChI=1S/C21H27N3O2/c1-12-18(13(2)23-21(26)19(12)10-22)3-4-20(25)24-11-16-6-14-5-15(7-16)9-17(24)8-14/h14-17H,3-9,11H2,1-2H3,(H,23,26)/t14-,15+,16?,17?. The molecule has 4 bridgehead atoms. The third-order valence-corrected chi connectivity index (χ3v) is 6.94. The maximum absolute atomic E-state index is 13.0. The van der Waals surface area contributed by atoms with Gasteiger partial charge in [0, 0.05) is 24.7 Å². The highest BCUT2D eigenvalue weighted by atomic mass is 16.2. The number of nitrogens with one attached hydrogen (secondary N) is 1. The van der Waals surface area contributed by atoms with Gasteiger partial charge in [0.2, 0.25) is 5.91 Å². The number of carbonyl (C=O) groups excluding carboxylic acids is 1. The van der Waals surface area contributed by atoms with E-state index in [-0.39, 0.29) is 17.0 Å². The lowest BCUT2D eigenvalue weighted by molar-refractivity contribution is -0.134. The summed E-state index contributed by atoms with van der Waals surface area (Å²) in [6.07, 6.45) is 7.41. The molecule has 5 nitrogen and oxygen atoms in total. The van der Waals surface area contributed by atoms with Crippen molar-refractivity contribution in [2.75, 3.05) is 6.54 Å². The number of hydrogen-bond donors (Lipinski definition) is 1. The fraction of sp³-hybridized carbons (Fsp3) is 0.667. The predicted molar refractivity (Wildman–Crippen MR) is 98.6 cm³/mol. The van der Waals surface area contributed by atoms with E-state index in [1.165, 1.54) is 32.1 Å². The first-order valence-electron chi connectivity index (χ1n) is 9.88. The smallest absolute Gasteiger partial charge is 0.266 e. The average molecular weight is 353 g/mol. The molecule has 0 aromatic carbocycles. The molecule has 1 aromatic heterocycles. The van der Waals surface area contributed by atoms with Crippen molar-refractivity contribution in [3.8, 4) is 6.07 Å². The van der Waals surface area contributed by atoms with Gasteiger partial charge in [-0.15, -0.1) is 0 Å². The van der Waals surface area contributed by atoms with Gasteiger partial charge < -0.3 is 9.88 Å². The summed E-state index contributed by atoms with van der Waals surface area (Å²) < 4.78 is 0. The fourth-order valence-electron chi connectivity index (χ4n) is 5.89. The van der Waals surface area contributed by atoms with Crippen LogP contribution in [0.15, 0.2) is 4.79 Å². The zero-order valence-corrected chi connectivity index (χ0v) is 15.7. The van der Waals surface area contributed by atoms with Crippen LogP contribution in [0.25, 0.3) is 0 Å². The van der Waals surface area contributed by atoms with Crippen LogP contribution in [-0.2, 0) is 11.2 Å². The van der Waals surface area contributed by atoms with Crippen LogP contribution in [-0.4, -0.2) is 28.4 Å². The largest absolute Gasteiger partial charge is 0.339 e. The molecule has 0 spiro atoms. The van der Waals surface area contributed by atoms with Gasteiger partial charge in [-0.25, -0.2) is 0 Å². The van der Waals surface area contributed by atoms with E-state index in [1.807, 2.05) is 19.9 Å². The van der Waals surface area contributed by atoms with Crippen molar-refractivity contribution < 1.29 is 4.79 Å². The number of rotatable bonds is 3. The highest BCUT2D eigenvalue weighted by Crippen LogP contribution is 2.47. The van der Waals surface area contributed by atoms with Crippen LogP contribution in [0.3, 0.4) is 0 Å². The first kappa shape index (κ1) is 17.3. The number of aromatic nitrogens is 1. The monoisotopic (exact) mass is 353 g/mol. The van der Waals surface area contributed by atoms with Gasteiger partial charge in [0.1, 0.15) is 11.6 Å². The Labute approximate surface area is 154 Å². The van der Waals surface area contributed by atoms with Crippen LogP contribution >= 0.6 is 0 Å². The second-order valence-corrected chi connectivity index (χ2v) is 8.65. The molecule has 1 N–H and O–H groups in total. The summed E-state index contributed by atoms with van der Waals surface area (Å²) in [5, 5.41) is 9.21. The van der Waals surface area contributed by atoms with E-state index in [9.17, 15) is 14.9 Å². The molecule has 1 aromatic rings. The minimum Gasteiger partial charge on any atom is -0.339 e. The van der Waals surface area contributed by atoms with Crippen LogP contribution in [0, 0.1) is 42.9 Å². The molecular weight excluding hydrogens is 326 g/mol. The maximum Gasteiger partial charge on any atom is 0.266 e. The van der Waals surface area contributed by atoms with Gasteiger partial charge in [0.25, 0.3) is 5.56 Å². The number of H-pyrrole nitrogens is 1. The third kappa shape index (κ3) is 2.96. The molecule has 2 saturated carbocycles. The number of hydrogen-bond acceptors (Lipinski definition) is 3. The highest BCUT2D eigenvalue weighted by Gasteiger charge is 2.43. The quantitative estimate of drug-likeness (QED) is 0.908. The second-order valence-electron chi connectivity index (χ2n) is 8.65. The molecule has 2 aliphatic heterocycles. The van der Waals surface area contributed by atoms with Crippen LogP contribution in [0.1, 0.15) is 60.9 Å². The Morgan fingerprint density at radius 3 is 2.46 bits per heavy atom. The highest BCUT2D eigenvalue weighted by molar-refractivity contribution is 5.77. The van der Waals surface area contributed by atoms with E-state index in [0.717, 1.165) is 35.2 Å². The van der Waals surface area contributed by atoms with Gasteiger partial charge in [-0.1, -0.05) is 0 Å². The normalized spacial score (nSPS) is 29.5. The number of nitriles is 1. The lowest BCUT2D eigenvalue weighted by Crippen LogP contribution is -2.42. The van der Waals surface area contributed by atoms with Crippen LogP contribution in [0.5, 0.6) is 0 Å². The van der Waals surface area contributed by atoms with Crippen LogP contribution in [0.2, 0.25) is 0 Å². The molecule has 5 heteroatoms. The summed E-state index contributed by atoms with van der Waals surface area (Å²) in [4.78, 5) is 29.8. The van der Waals surface area contributed by atoms with Crippen molar-refractivity contribution in [1.29, 1.82) is 5.26 Å².